The Balaban J connectivity index is 1.39. The van der Waals surface area contributed by atoms with Gasteiger partial charge in [0.05, 0.1) is 23.3 Å². The number of carbonyl (C=O) groups is 4. The Morgan fingerprint density at radius 2 is 1.76 bits per heavy atom. The lowest BCUT2D eigenvalue weighted by atomic mass is 10.1. The first-order valence-electron chi connectivity index (χ1n) is 9.90. The van der Waals surface area contributed by atoms with Crippen LogP contribution in [0, 0.1) is 6.92 Å². The SMILES string of the molecule is CCOc1ccc(NC(=O)COC(=O)c2ccc3c(c2)C(=O)N(c2nnc(C)s2)C3=O)cc1. The maximum atomic E-state index is 12.7. The number of anilines is 2. The lowest BCUT2D eigenvalue weighted by molar-refractivity contribution is -0.119. The summed E-state index contributed by atoms with van der Waals surface area (Å²) in [6.45, 7) is 3.59. The average Bonchev–Trinajstić information content (AvgIpc) is 3.33. The first-order chi connectivity index (χ1) is 15.9. The van der Waals surface area contributed by atoms with Crippen molar-refractivity contribution in [2.75, 3.05) is 23.4 Å². The van der Waals surface area contributed by atoms with E-state index in [-0.39, 0.29) is 21.8 Å². The van der Waals surface area contributed by atoms with Gasteiger partial charge in [-0.15, -0.1) is 10.2 Å². The number of ether oxygens (including phenoxy) is 2. The molecular formula is C22H18N4O6S. The molecule has 3 amide bonds. The maximum Gasteiger partial charge on any atom is 0.338 e. The van der Waals surface area contributed by atoms with Gasteiger partial charge in [-0.25, -0.2) is 9.69 Å². The second kappa shape index (κ2) is 9.17. The van der Waals surface area contributed by atoms with Crippen molar-refractivity contribution in [2.24, 2.45) is 0 Å². The van der Waals surface area contributed by atoms with Crippen molar-refractivity contribution in [2.45, 2.75) is 13.8 Å². The normalized spacial score (nSPS) is 12.5. The van der Waals surface area contributed by atoms with Gasteiger partial charge in [0.1, 0.15) is 10.8 Å². The molecule has 1 aliphatic rings. The molecule has 2 heterocycles. The number of amides is 3. The van der Waals surface area contributed by atoms with E-state index in [4.69, 9.17) is 9.47 Å². The molecule has 11 heteroatoms. The summed E-state index contributed by atoms with van der Waals surface area (Å²) in [7, 11) is 0. The minimum Gasteiger partial charge on any atom is -0.494 e. The standard InChI is InChI=1S/C22H18N4O6S/c1-3-31-15-7-5-14(6-8-15)23-18(27)11-32-21(30)13-4-9-16-17(10-13)20(29)26(19(16)28)22-25-24-12(2)33-22/h4-10H,3,11H2,1-2H3,(H,23,27). The van der Waals surface area contributed by atoms with E-state index in [1.807, 2.05) is 6.92 Å². The summed E-state index contributed by atoms with van der Waals surface area (Å²) < 4.78 is 10.4. The quantitative estimate of drug-likeness (QED) is 0.416. The molecule has 10 nitrogen and oxygen atoms in total. The zero-order valence-corrected chi connectivity index (χ0v) is 18.5. The summed E-state index contributed by atoms with van der Waals surface area (Å²) >= 11 is 1.11. The second-order valence-corrected chi connectivity index (χ2v) is 8.05. The van der Waals surface area contributed by atoms with Crippen LogP contribution in [0.2, 0.25) is 0 Å². The van der Waals surface area contributed by atoms with Gasteiger partial charge in [0.15, 0.2) is 6.61 Å². The van der Waals surface area contributed by atoms with E-state index in [1.165, 1.54) is 18.2 Å². The summed E-state index contributed by atoms with van der Waals surface area (Å²) in [4.78, 5) is 50.8. The van der Waals surface area contributed by atoms with Crippen LogP contribution in [0.4, 0.5) is 10.8 Å². The molecule has 0 atom stereocenters. The third kappa shape index (κ3) is 4.58. The highest BCUT2D eigenvalue weighted by molar-refractivity contribution is 7.15. The van der Waals surface area contributed by atoms with Crippen molar-refractivity contribution in [1.82, 2.24) is 10.2 Å². The van der Waals surface area contributed by atoms with Crippen LogP contribution in [0.5, 0.6) is 5.75 Å². The number of imide groups is 1. The molecule has 0 saturated heterocycles. The molecule has 1 aliphatic heterocycles. The second-order valence-electron chi connectivity index (χ2n) is 6.89. The number of nitrogens with one attached hydrogen (secondary N) is 1. The fourth-order valence-corrected chi connectivity index (χ4v) is 3.82. The first kappa shape index (κ1) is 22.1. The average molecular weight is 466 g/mol. The molecule has 2 aromatic carbocycles. The Bertz CT molecular complexity index is 1250. The summed E-state index contributed by atoms with van der Waals surface area (Å²) in [5.74, 6) is -1.80. The molecule has 1 aromatic heterocycles. The fraction of sp³-hybridized carbons (Fsp3) is 0.182. The van der Waals surface area contributed by atoms with Crippen molar-refractivity contribution >= 4 is 45.8 Å². The number of esters is 1. The minimum absolute atomic E-state index is 0.0408. The molecule has 0 unspecified atom stereocenters. The van der Waals surface area contributed by atoms with Crippen LogP contribution < -0.4 is 15.0 Å². The zero-order valence-electron chi connectivity index (χ0n) is 17.7. The van der Waals surface area contributed by atoms with E-state index in [0.29, 0.717) is 23.1 Å². The molecule has 1 N–H and O–H groups in total. The largest absolute Gasteiger partial charge is 0.494 e. The Hall–Kier alpha value is -4.12. The molecule has 0 spiro atoms. The molecule has 0 radical (unpaired) electrons. The Morgan fingerprint density at radius 1 is 1.03 bits per heavy atom. The molecule has 0 aliphatic carbocycles. The smallest absolute Gasteiger partial charge is 0.338 e. The van der Waals surface area contributed by atoms with Crippen molar-refractivity contribution in [3.8, 4) is 5.75 Å². The van der Waals surface area contributed by atoms with Gasteiger partial charge in [0, 0.05) is 5.69 Å². The molecule has 0 fully saturated rings. The van der Waals surface area contributed by atoms with E-state index < -0.39 is 30.3 Å². The van der Waals surface area contributed by atoms with Crippen LogP contribution in [0.25, 0.3) is 0 Å². The number of rotatable bonds is 7. The van der Waals surface area contributed by atoms with Gasteiger partial charge >= 0.3 is 5.97 Å². The number of benzene rings is 2. The first-order valence-corrected chi connectivity index (χ1v) is 10.7. The van der Waals surface area contributed by atoms with Crippen LogP contribution in [0.15, 0.2) is 42.5 Å². The Labute approximate surface area is 192 Å². The molecule has 0 saturated carbocycles. The molecule has 4 rings (SSSR count). The predicted molar refractivity (Wildman–Crippen MR) is 119 cm³/mol. The van der Waals surface area contributed by atoms with Crippen molar-refractivity contribution in [3.05, 3.63) is 64.2 Å². The van der Waals surface area contributed by atoms with Gasteiger partial charge in [0.25, 0.3) is 17.7 Å². The third-order valence-corrected chi connectivity index (χ3v) is 5.44. The maximum absolute atomic E-state index is 12.7. The lowest BCUT2D eigenvalue weighted by Gasteiger charge is -2.08. The number of nitrogens with zero attached hydrogens (tertiary/aromatic N) is 3. The topological polar surface area (TPSA) is 128 Å². The van der Waals surface area contributed by atoms with Gasteiger partial charge in [-0.2, -0.15) is 0 Å². The van der Waals surface area contributed by atoms with Crippen molar-refractivity contribution in [1.29, 1.82) is 0 Å². The Morgan fingerprint density at radius 3 is 2.42 bits per heavy atom. The van der Waals surface area contributed by atoms with Crippen LogP contribution in [0.1, 0.15) is 43.0 Å². The van der Waals surface area contributed by atoms with E-state index in [0.717, 1.165) is 16.2 Å². The predicted octanol–water partition coefficient (Wildman–Crippen LogP) is 2.84. The van der Waals surface area contributed by atoms with Crippen molar-refractivity contribution in [3.63, 3.8) is 0 Å². The molecular weight excluding hydrogens is 448 g/mol. The fourth-order valence-electron chi connectivity index (χ4n) is 3.13. The van der Waals surface area contributed by atoms with Gasteiger partial charge in [-0.05, 0) is 56.3 Å². The molecule has 33 heavy (non-hydrogen) atoms. The van der Waals surface area contributed by atoms with Crippen LogP contribution in [-0.2, 0) is 9.53 Å². The molecule has 168 valence electrons. The molecule has 0 bridgehead atoms. The minimum atomic E-state index is -0.801. The van der Waals surface area contributed by atoms with E-state index in [1.54, 1.807) is 31.2 Å². The number of hydrogen-bond acceptors (Lipinski definition) is 9. The summed E-state index contributed by atoms with van der Waals surface area (Å²) in [5.41, 5.74) is 0.769. The number of hydrogen-bond donors (Lipinski definition) is 1. The van der Waals surface area contributed by atoms with E-state index >= 15 is 0 Å². The van der Waals surface area contributed by atoms with Crippen molar-refractivity contribution < 1.29 is 28.7 Å². The number of aryl methyl sites for hydroxylation is 1. The Kier molecular flexibility index (Phi) is 6.13. The monoisotopic (exact) mass is 466 g/mol. The summed E-state index contributed by atoms with van der Waals surface area (Å²) in [5, 5.41) is 11.0. The summed E-state index contributed by atoms with van der Waals surface area (Å²) in [6, 6.07) is 10.8. The van der Waals surface area contributed by atoms with E-state index in [2.05, 4.69) is 15.5 Å². The highest BCUT2D eigenvalue weighted by Crippen LogP contribution is 2.31. The number of aromatic nitrogens is 2. The third-order valence-electron chi connectivity index (χ3n) is 4.61. The van der Waals surface area contributed by atoms with Gasteiger partial charge in [0.2, 0.25) is 5.13 Å². The van der Waals surface area contributed by atoms with E-state index in [9.17, 15) is 19.2 Å². The van der Waals surface area contributed by atoms with Crippen LogP contribution >= 0.6 is 11.3 Å². The number of carbonyl (C=O) groups excluding carboxylic acids is 4. The zero-order chi connectivity index (χ0) is 23.5. The lowest BCUT2D eigenvalue weighted by Crippen LogP contribution is -2.29. The van der Waals surface area contributed by atoms with Gasteiger partial charge in [-0.3, -0.25) is 14.4 Å². The number of fused-ring (bicyclic) bond motifs is 1. The highest BCUT2D eigenvalue weighted by atomic mass is 32.1. The van der Waals surface area contributed by atoms with Crippen LogP contribution in [-0.4, -0.2) is 47.1 Å². The molecule has 3 aromatic rings. The highest BCUT2D eigenvalue weighted by Gasteiger charge is 2.39. The summed E-state index contributed by atoms with van der Waals surface area (Å²) in [6.07, 6.45) is 0. The van der Waals surface area contributed by atoms with Gasteiger partial charge in [-0.1, -0.05) is 11.3 Å². The van der Waals surface area contributed by atoms with Gasteiger partial charge < -0.3 is 14.8 Å². The van der Waals surface area contributed by atoms with Crippen LogP contribution in [0.3, 0.4) is 0 Å².